The van der Waals surface area contributed by atoms with E-state index in [2.05, 4.69) is 46.1 Å². The predicted octanol–water partition coefficient (Wildman–Crippen LogP) is 2.37. The van der Waals surface area contributed by atoms with E-state index in [1.165, 1.54) is 0 Å². The predicted molar refractivity (Wildman–Crippen MR) is 126 cm³/mol. The molecule has 29 heavy (non-hydrogen) atoms. The van der Waals surface area contributed by atoms with Crippen LogP contribution in [0.5, 0.6) is 0 Å². The Labute approximate surface area is 190 Å². The largest absolute Gasteiger partial charge is 0.443 e. The van der Waals surface area contributed by atoms with E-state index in [1.807, 2.05) is 30.3 Å². The lowest BCUT2D eigenvalue weighted by atomic mass is 9.94. The number of guanidine groups is 1. The lowest BCUT2D eigenvalue weighted by molar-refractivity contribution is 0.379. The average molecular weight is 535 g/mol. The zero-order valence-corrected chi connectivity index (χ0v) is 20.4. The van der Waals surface area contributed by atoms with Crippen LogP contribution in [-0.4, -0.2) is 38.7 Å². The molecule has 0 bridgehead atoms. The van der Waals surface area contributed by atoms with Gasteiger partial charge in [-0.2, -0.15) is 0 Å². The van der Waals surface area contributed by atoms with Crippen LogP contribution in [0, 0.1) is 0 Å². The van der Waals surface area contributed by atoms with E-state index in [1.54, 1.807) is 13.2 Å². The number of nitrogens with one attached hydrogen (secondary N) is 3. The molecule has 0 aliphatic carbocycles. The van der Waals surface area contributed by atoms with E-state index in [9.17, 15) is 8.42 Å². The van der Waals surface area contributed by atoms with Crippen molar-refractivity contribution < 1.29 is 12.8 Å². The first-order valence-electron chi connectivity index (χ1n) is 9.10. The molecule has 1 aromatic heterocycles. The number of oxazole rings is 1. The van der Waals surface area contributed by atoms with Crippen molar-refractivity contribution in [2.45, 2.75) is 39.3 Å². The Bertz CT molecular complexity index is 877. The Morgan fingerprint density at radius 1 is 1.14 bits per heavy atom. The highest BCUT2D eigenvalue weighted by molar-refractivity contribution is 14.0. The van der Waals surface area contributed by atoms with Gasteiger partial charge in [0.15, 0.2) is 5.96 Å². The van der Waals surface area contributed by atoms with Crippen molar-refractivity contribution in [1.29, 1.82) is 0 Å². The molecule has 10 heteroatoms. The lowest BCUT2D eigenvalue weighted by Crippen LogP contribution is -2.40. The number of hydrogen-bond donors (Lipinski definition) is 3. The van der Waals surface area contributed by atoms with Gasteiger partial charge in [0.2, 0.25) is 15.9 Å². The zero-order valence-electron chi connectivity index (χ0n) is 17.2. The van der Waals surface area contributed by atoms with Crippen molar-refractivity contribution in [2.24, 2.45) is 4.99 Å². The fraction of sp³-hybridized carbons (Fsp3) is 0.474. The molecule has 0 unspecified atom stereocenters. The number of hydrogen-bond acceptors (Lipinski definition) is 5. The number of benzene rings is 1. The lowest BCUT2D eigenvalue weighted by Gasteiger charge is -2.13. The highest BCUT2D eigenvalue weighted by Gasteiger charge is 2.19. The molecule has 3 N–H and O–H groups in total. The number of sulfonamides is 1. The summed E-state index contributed by atoms with van der Waals surface area (Å²) in [5.74, 6) is 1.77. The number of nitrogens with zero attached hydrogens (tertiary/aromatic N) is 2. The molecular formula is C19H30IN5O3S. The summed E-state index contributed by atoms with van der Waals surface area (Å²) in [6.07, 6.45) is 1.72. The number of aliphatic imine (C=N–C) groups is 1. The molecule has 0 aliphatic rings. The van der Waals surface area contributed by atoms with Gasteiger partial charge in [0.25, 0.3) is 0 Å². The summed E-state index contributed by atoms with van der Waals surface area (Å²) in [4.78, 5) is 8.33. The highest BCUT2D eigenvalue weighted by Crippen LogP contribution is 2.22. The Morgan fingerprint density at radius 3 is 2.41 bits per heavy atom. The summed E-state index contributed by atoms with van der Waals surface area (Å²) >= 11 is 0. The van der Waals surface area contributed by atoms with Crippen LogP contribution in [0.1, 0.15) is 38.0 Å². The summed E-state index contributed by atoms with van der Waals surface area (Å²) in [5, 5.41) is 6.04. The maximum atomic E-state index is 12.1. The molecule has 2 rings (SSSR count). The number of aromatic nitrogens is 1. The van der Waals surface area contributed by atoms with Gasteiger partial charge < -0.3 is 15.1 Å². The van der Waals surface area contributed by atoms with Gasteiger partial charge in [-0.1, -0.05) is 51.1 Å². The van der Waals surface area contributed by atoms with Gasteiger partial charge in [-0.3, -0.25) is 4.99 Å². The van der Waals surface area contributed by atoms with Crippen LogP contribution >= 0.6 is 24.0 Å². The monoisotopic (exact) mass is 535 g/mol. The summed E-state index contributed by atoms with van der Waals surface area (Å²) in [6, 6.07) is 9.39. The van der Waals surface area contributed by atoms with Crippen LogP contribution in [0.15, 0.2) is 45.9 Å². The summed E-state index contributed by atoms with van der Waals surface area (Å²) in [5.41, 5.74) is 0.809. The molecule has 0 aliphatic heterocycles. The quantitative estimate of drug-likeness (QED) is 0.272. The third kappa shape index (κ3) is 9.13. The first kappa shape index (κ1) is 25.4. The van der Waals surface area contributed by atoms with Crippen LogP contribution in [0.2, 0.25) is 0 Å². The van der Waals surface area contributed by atoms with Gasteiger partial charge in [0, 0.05) is 25.6 Å². The van der Waals surface area contributed by atoms with Gasteiger partial charge in [-0.25, -0.2) is 18.1 Å². The fourth-order valence-electron chi connectivity index (χ4n) is 2.28. The van der Waals surface area contributed by atoms with Crippen molar-refractivity contribution in [3.63, 3.8) is 0 Å². The summed E-state index contributed by atoms with van der Waals surface area (Å²) in [7, 11) is -1.77. The molecule has 2 aromatic rings. The van der Waals surface area contributed by atoms with Crippen molar-refractivity contribution in [2.75, 3.05) is 19.3 Å². The molecule has 162 valence electrons. The SMILES string of the molecule is CN=C(NCCS(=O)(=O)NCc1ccccc1)NCc1ncc(C(C)(C)C)o1.I. The summed E-state index contributed by atoms with van der Waals surface area (Å²) in [6.45, 7) is 7.01. The first-order chi connectivity index (χ1) is 13.2. The molecule has 0 atom stereocenters. The second-order valence-corrected chi connectivity index (χ2v) is 9.27. The molecule has 0 spiro atoms. The van der Waals surface area contributed by atoms with Crippen LogP contribution < -0.4 is 15.4 Å². The molecule has 0 radical (unpaired) electrons. The summed E-state index contributed by atoms with van der Waals surface area (Å²) < 4.78 is 32.5. The van der Waals surface area contributed by atoms with Crippen molar-refractivity contribution >= 4 is 40.0 Å². The minimum atomic E-state index is -3.39. The Hall–Kier alpha value is -1.66. The molecule has 8 nitrogen and oxygen atoms in total. The Balaban J connectivity index is 0.00000420. The van der Waals surface area contributed by atoms with Gasteiger partial charge in [0.1, 0.15) is 5.76 Å². The van der Waals surface area contributed by atoms with E-state index in [0.717, 1.165) is 11.3 Å². The smallest absolute Gasteiger partial charge is 0.213 e. The van der Waals surface area contributed by atoms with Crippen LogP contribution in [0.4, 0.5) is 0 Å². The molecule has 0 saturated heterocycles. The van der Waals surface area contributed by atoms with E-state index < -0.39 is 10.0 Å². The highest BCUT2D eigenvalue weighted by atomic mass is 127. The zero-order chi connectivity index (χ0) is 20.6. The third-order valence-electron chi connectivity index (χ3n) is 3.93. The van der Waals surface area contributed by atoms with E-state index >= 15 is 0 Å². The molecule has 1 aromatic carbocycles. The molecule has 0 saturated carbocycles. The minimum Gasteiger partial charge on any atom is -0.443 e. The van der Waals surface area contributed by atoms with Crippen LogP contribution in [-0.2, 0) is 28.5 Å². The van der Waals surface area contributed by atoms with E-state index in [-0.39, 0.29) is 48.2 Å². The maximum absolute atomic E-state index is 12.1. The topological polar surface area (TPSA) is 109 Å². The molecule has 1 heterocycles. The van der Waals surface area contributed by atoms with E-state index in [4.69, 9.17) is 4.42 Å². The molecular weight excluding hydrogens is 505 g/mol. The Morgan fingerprint density at radius 2 is 1.83 bits per heavy atom. The minimum absolute atomic E-state index is 0. The second-order valence-electron chi connectivity index (χ2n) is 7.35. The average Bonchev–Trinajstić information content (AvgIpc) is 3.13. The van der Waals surface area contributed by atoms with Gasteiger partial charge in [-0.15, -0.1) is 24.0 Å². The van der Waals surface area contributed by atoms with Crippen molar-refractivity contribution in [1.82, 2.24) is 20.3 Å². The molecule has 0 fully saturated rings. The normalized spacial score (nSPS) is 12.3. The number of halogens is 1. The van der Waals surface area contributed by atoms with Crippen LogP contribution in [0.25, 0.3) is 0 Å². The standard InChI is InChI=1S/C19H29N5O3S.HI/c1-19(2,3)16-13-22-17(27-16)14-23-18(20-4)21-10-11-28(25,26)24-12-15-8-6-5-7-9-15;/h5-9,13,24H,10-12,14H2,1-4H3,(H2,20,21,23);1H. The molecule has 0 amide bonds. The van der Waals surface area contributed by atoms with Gasteiger partial charge in [-0.05, 0) is 5.56 Å². The maximum Gasteiger partial charge on any atom is 0.213 e. The van der Waals surface area contributed by atoms with E-state index in [0.29, 0.717) is 18.4 Å². The third-order valence-corrected chi connectivity index (χ3v) is 5.25. The fourth-order valence-corrected chi connectivity index (χ4v) is 3.19. The Kier molecular flexibility index (Phi) is 10.1. The first-order valence-corrected chi connectivity index (χ1v) is 10.8. The number of rotatable bonds is 8. The second kappa shape index (κ2) is 11.5. The van der Waals surface area contributed by atoms with Crippen molar-refractivity contribution in [3.05, 3.63) is 53.7 Å². The van der Waals surface area contributed by atoms with Gasteiger partial charge >= 0.3 is 0 Å². The van der Waals surface area contributed by atoms with Crippen LogP contribution in [0.3, 0.4) is 0 Å². The van der Waals surface area contributed by atoms with Crippen molar-refractivity contribution in [3.8, 4) is 0 Å². The van der Waals surface area contributed by atoms with Gasteiger partial charge in [0.05, 0.1) is 18.5 Å².